The largest absolute Gasteiger partial charge is 0.344 e. The maximum Gasteiger partial charge on any atom is 0.103 e. The van der Waals surface area contributed by atoms with Crippen LogP contribution < -0.4 is 10.6 Å². The first kappa shape index (κ1) is 28.3. The number of hydrogen-bond donors (Lipinski definition) is 2. The lowest BCUT2D eigenvalue weighted by Crippen LogP contribution is -2.07. The minimum Gasteiger partial charge on any atom is -0.344 e. The molecule has 0 aliphatic heterocycles. The summed E-state index contributed by atoms with van der Waals surface area (Å²) in [6.45, 7) is 8.14. The predicted octanol–water partition coefficient (Wildman–Crippen LogP) is 10.6. The van der Waals surface area contributed by atoms with Crippen LogP contribution in [-0.4, -0.2) is 11.7 Å². The Kier molecular flexibility index (Phi) is 9.05. The van der Waals surface area contributed by atoms with Gasteiger partial charge < -0.3 is 10.6 Å². The van der Waals surface area contributed by atoms with Gasteiger partial charge in [0.2, 0.25) is 0 Å². The molecule has 0 spiro atoms. The van der Waals surface area contributed by atoms with Crippen molar-refractivity contribution in [3.8, 4) is 0 Å². The molecule has 0 aliphatic carbocycles. The van der Waals surface area contributed by atoms with Crippen molar-refractivity contribution in [2.75, 3.05) is 10.6 Å². The molecule has 0 unspecified atom stereocenters. The molecule has 0 bridgehead atoms. The number of aryl methyl sites for hydroxylation is 2. The summed E-state index contributed by atoms with van der Waals surface area (Å²) in [4.78, 5) is 9.40. The second-order valence-electron chi connectivity index (χ2n) is 10.3. The van der Waals surface area contributed by atoms with Gasteiger partial charge in [0.15, 0.2) is 0 Å². The highest BCUT2D eigenvalue weighted by atomic mass is 15.0. The van der Waals surface area contributed by atoms with Gasteiger partial charge in [0.1, 0.15) is 11.7 Å². The number of nitrogens with one attached hydrogen (secondary N) is 2. The van der Waals surface area contributed by atoms with Crippen molar-refractivity contribution >= 4 is 56.0 Å². The summed E-state index contributed by atoms with van der Waals surface area (Å²) < 4.78 is 0. The maximum atomic E-state index is 4.79. The van der Waals surface area contributed by atoms with E-state index in [0.29, 0.717) is 0 Å². The van der Waals surface area contributed by atoms with E-state index in [0.717, 1.165) is 34.4 Å². The standard InChI is InChI=1S/C22H18N2.C16H18N2/c1-16(23-21-14-6-10-17-8-2-4-12-19(17)21)24-22-15-7-11-18-9-3-5-13-20(18)22;1-12-8-4-6-10-15(12)17-14(3)18-16-11-7-5-9-13(16)2/h2-15H,1H3,(H,23,24);4-11H,1-3H3,(H,17,18). The SMILES string of the molecule is C/C(=N\c1cccc2ccccc12)Nc1cccc2ccccc12.C/C(=N\c1ccccc1C)Nc1ccccc1C. The van der Waals surface area contributed by atoms with Gasteiger partial charge in [-0.25, -0.2) is 9.98 Å². The molecule has 0 saturated carbocycles. The van der Waals surface area contributed by atoms with Gasteiger partial charge in [0.25, 0.3) is 0 Å². The van der Waals surface area contributed by atoms with Crippen LogP contribution in [0.4, 0.5) is 22.7 Å². The summed E-state index contributed by atoms with van der Waals surface area (Å²) in [6.07, 6.45) is 0. The molecule has 0 heterocycles. The molecule has 0 fully saturated rings. The van der Waals surface area contributed by atoms with Crippen LogP contribution in [0.25, 0.3) is 21.5 Å². The van der Waals surface area contributed by atoms with Crippen LogP contribution in [0.15, 0.2) is 143 Å². The molecule has 0 amide bonds. The molecule has 4 heteroatoms. The molecule has 6 rings (SSSR count). The normalized spacial score (nSPS) is 11.6. The summed E-state index contributed by atoms with van der Waals surface area (Å²) in [5, 5.41) is 11.6. The number of benzene rings is 6. The summed E-state index contributed by atoms with van der Waals surface area (Å²) in [7, 11) is 0. The third-order valence-electron chi connectivity index (χ3n) is 7.02. The second-order valence-corrected chi connectivity index (χ2v) is 10.3. The van der Waals surface area contributed by atoms with Crippen molar-refractivity contribution < 1.29 is 0 Å². The van der Waals surface area contributed by atoms with E-state index in [1.165, 1.54) is 32.7 Å². The molecule has 0 saturated heterocycles. The van der Waals surface area contributed by atoms with E-state index >= 15 is 0 Å². The second kappa shape index (κ2) is 13.4. The van der Waals surface area contributed by atoms with Crippen LogP contribution in [0.3, 0.4) is 0 Å². The molecule has 0 aromatic heterocycles. The number of nitrogens with zero attached hydrogens (tertiary/aromatic N) is 2. The van der Waals surface area contributed by atoms with Crippen molar-refractivity contribution in [1.82, 2.24) is 0 Å². The highest BCUT2D eigenvalue weighted by molar-refractivity contribution is 6.05. The Morgan fingerprint density at radius 2 is 0.881 bits per heavy atom. The quantitative estimate of drug-likeness (QED) is 0.170. The van der Waals surface area contributed by atoms with Crippen LogP contribution in [-0.2, 0) is 0 Å². The first-order valence-electron chi connectivity index (χ1n) is 14.2. The molecule has 208 valence electrons. The van der Waals surface area contributed by atoms with Crippen molar-refractivity contribution in [3.05, 3.63) is 145 Å². The van der Waals surface area contributed by atoms with Crippen molar-refractivity contribution in [2.24, 2.45) is 9.98 Å². The Hall–Kier alpha value is -5.22. The zero-order valence-corrected chi connectivity index (χ0v) is 24.6. The van der Waals surface area contributed by atoms with Crippen molar-refractivity contribution in [1.29, 1.82) is 0 Å². The van der Waals surface area contributed by atoms with Gasteiger partial charge in [-0.3, -0.25) is 0 Å². The topological polar surface area (TPSA) is 48.8 Å². The van der Waals surface area contributed by atoms with E-state index < -0.39 is 0 Å². The van der Waals surface area contributed by atoms with Gasteiger partial charge in [-0.15, -0.1) is 0 Å². The lowest BCUT2D eigenvalue weighted by atomic mass is 10.1. The Morgan fingerprint density at radius 3 is 1.60 bits per heavy atom. The minimum absolute atomic E-state index is 0.878. The average Bonchev–Trinajstić information content (AvgIpc) is 3.00. The number of amidine groups is 2. The molecule has 0 aliphatic rings. The van der Waals surface area contributed by atoms with Crippen LogP contribution >= 0.6 is 0 Å². The Labute approximate surface area is 248 Å². The number of aliphatic imine (C=N–C) groups is 2. The zero-order valence-electron chi connectivity index (χ0n) is 24.6. The monoisotopic (exact) mass is 548 g/mol. The summed E-state index contributed by atoms with van der Waals surface area (Å²) >= 11 is 0. The zero-order chi connectivity index (χ0) is 29.3. The molecule has 42 heavy (non-hydrogen) atoms. The first-order valence-corrected chi connectivity index (χ1v) is 14.2. The molecule has 2 N–H and O–H groups in total. The fraction of sp³-hybridized carbons (Fsp3) is 0.105. The van der Waals surface area contributed by atoms with Crippen LogP contribution in [0.2, 0.25) is 0 Å². The maximum absolute atomic E-state index is 4.79. The lowest BCUT2D eigenvalue weighted by molar-refractivity contribution is 1.37. The average molecular weight is 549 g/mol. The number of fused-ring (bicyclic) bond motifs is 2. The van der Waals surface area contributed by atoms with Gasteiger partial charge in [-0.1, -0.05) is 109 Å². The number of hydrogen-bond acceptors (Lipinski definition) is 2. The Bertz CT molecular complexity index is 1870. The highest BCUT2D eigenvalue weighted by Crippen LogP contribution is 2.27. The molecule has 0 radical (unpaired) electrons. The summed E-state index contributed by atoms with van der Waals surface area (Å²) in [5.41, 5.74) is 6.58. The highest BCUT2D eigenvalue weighted by Gasteiger charge is 2.03. The number of anilines is 2. The number of rotatable bonds is 4. The molecular formula is C38H36N4. The van der Waals surface area contributed by atoms with Crippen LogP contribution in [0, 0.1) is 13.8 Å². The Morgan fingerprint density at radius 1 is 0.429 bits per heavy atom. The van der Waals surface area contributed by atoms with Gasteiger partial charge in [0.05, 0.1) is 11.4 Å². The fourth-order valence-corrected chi connectivity index (χ4v) is 4.85. The van der Waals surface area contributed by atoms with Crippen LogP contribution in [0.1, 0.15) is 25.0 Å². The first-order chi connectivity index (χ1) is 20.5. The molecule has 6 aromatic carbocycles. The Balaban J connectivity index is 0.000000176. The number of para-hydroxylation sites is 2. The summed E-state index contributed by atoms with van der Waals surface area (Å²) in [5.74, 6) is 1.78. The smallest absolute Gasteiger partial charge is 0.103 e. The molecule has 6 aromatic rings. The fourth-order valence-electron chi connectivity index (χ4n) is 4.85. The minimum atomic E-state index is 0.878. The van der Waals surface area contributed by atoms with Gasteiger partial charge in [-0.2, -0.15) is 0 Å². The van der Waals surface area contributed by atoms with Gasteiger partial charge >= 0.3 is 0 Å². The third kappa shape index (κ3) is 7.10. The van der Waals surface area contributed by atoms with E-state index in [9.17, 15) is 0 Å². The van der Waals surface area contributed by atoms with E-state index in [1.807, 2.05) is 50.2 Å². The van der Waals surface area contributed by atoms with E-state index in [4.69, 9.17) is 4.99 Å². The van der Waals surface area contributed by atoms with E-state index in [2.05, 4.69) is 127 Å². The summed E-state index contributed by atoms with van der Waals surface area (Å²) in [6, 6.07) is 45.5. The molecule has 4 nitrogen and oxygen atoms in total. The third-order valence-corrected chi connectivity index (χ3v) is 7.02. The molecular weight excluding hydrogens is 512 g/mol. The lowest BCUT2D eigenvalue weighted by Gasteiger charge is -2.10. The van der Waals surface area contributed by atoms with E-state index in [-0.39, 0.29) is 0 Å². The van der Waals surface area contributed by atoms with Gasteiger partial charge in [0, 0.05) is 22.1 Å². The molecule has 0 atom stereocenters. The van der Waals surface area contributed by atoms with Crippen molar-refractivity contribution in [2.45, 2.75) is 27.7 Å². The van der Waals surface area contributed by atoms with Crippen LogP contribution in [0.5, 0.6) is 0 Å². The van der Waals surface area contributed by atoms with Crippen molar-refractivity contribution in [3.63, 3.8) is 0 Å². The van der Waals surface area contributed by atoms with E-state index in [1.54, 1.807) is 0 Å². The predicted molar refractivity (Wildman–Crippen MR) is 183 cm³/mol. The van der Waals surface area contributed by atoms with Gasteiger partial charge in [-0.05, 0) is 73.9 Å².